The molecule has 0 radical (unpaired) electrons. The van der Waals surface area contributed by atoms with Gasteiger partial charge in [-0.2, -0.15) is 0 Å². The molecular weight excluding hydrogens is 136 g/mol. The molecule has 0 aromatic rings. The van der Waals surface area contributed by atoms with Gasteiger partial charge in [0.15, 0.2) is 0 Å². The lowest BCUT2D eigenvalue weighted by Crippen LogP contribution is -2.17. The molecule has 1 atom stereocenters. The average Bonchev–Trinajstić information content (AvgIpc) is 2.04. The summed E-state index contributed by atoms with van der Waals surface area (Å²) in [5.74, 6) is 0.625. The van der Waals surface area contributed by atoms with Crippen molar-refractivity contribution in [3.05, 3.63) is 0 Å². The third-order valence-electron chi connectivity index (χ3n) is 1.87. The summed E-state index contributed by atoms with van der Waals surface area (Å²) in [4.78, 5) is 6.49. The van der Waals surface area contributed by atoms with Crippen LogP contribution >= 0.6 is 0 Å². The Morgan fingerprint density at radius 3 is 2.55 bits per heavy atom. The summed E-state index contributed by atoms with van der Waals surface area (Å²) >= 11 is 0. The van der Waals surface area contributed by atoms with E-state index in [4.69, 9.17) is 0 Å². The lowest BCUT2D eigenvalue weighted by Gasteiger charge is -2.09. The lowest BCUT2D eigenvalue weighted by molar-refractivity contribution is 0.366. The van der Waals surface area contributed by atoms with Crippen LogP contribution in [0.25, 0.3) is 0 Å². The van der Waals surface area contributed by atoms with Crippen LogP contribution in [0.2, 0.25) is 0 Å². The fraction of sp³-hybridized carbons (Fsp3) is 0.889. The maximum atomic E-state index is 4.31. The van der Waals surface area contributed by atoms with Crippen LogP contribution in [0, 0.1) is 5.92 Å². The third kappa shape index (κ3) is 6.05. The Hall–Kier alpha value is -0.370. The Kier molecular flexibility index (Phi) is 6.13. The van der Waals surface area contributed by atoms with Gasteiger partial charge >= 0.3 is 0 Å². The minimum atomic E-state index is 0.625. The summed E-state index contributed by atoms with van der Waals surface area (Å²) < 4.78 is 0. The molecule has 0 aromatic heterocycles. The highest BCUT2D eigenvalue weighted by Gasteiger charge is 1.92. The van der Waals surface area contributed by atoms with Crippen molar-refractivity contribution in [2.24, 2.45) is 10.9 Å². The topological polar surface area (TPSA) is 15.6 Å². The minimum Gasteiger partial charge on any atom is -0.288 e. The van der Waals surface area contributed by atoms with Crippen molar-refractivity contribution < 1.29 is 0 Å². The summed E-state index contributed by atoms with van der Waals surface area (Å²) in [6, 6.07) is 0. The Balaban J connectivity index is 3.43. The van der Waals surface area contributed by atoms with Gasteiger partial charge in [-0.25, -0.2) is 0 Å². The molecule has 0 aliphatic carbocycles. The molecule has 0 aliphatic rings. The normalized spacial score (nSPS) is 14.6. The quantitative estimate of drug-likeness (QED) is 0.556. The first-order valence-electron chi connectivity index (χ1n) is 4.39. The fourth-order valence-electron chi connectivity index (χ4n) is 0.572. The predicted octanol–water partition coefficient (Wildman–Crippen LogP) is 2.01. The van der Waals surface area contributed by atoms with Gasteiger partial charge in [-0.15, -0.1) is 0 Å². The molecule has 1 unspecified atom stereocenters. The smallest absolute Gasteiger partial charge is 0.0903 e. The van der Waals surface area contributed by atoms with Gasteiger partial charge in [0.25, 0.3) is 0 Å². The van der Waals surface area contributed by atoms with Gasteiger partial charge in [-0.3, -0.25) is 9.89 Å². The van der Waals surface area contributed by atoms with E-state index in [1.165, 1.54) is 6.42 Å². The Morgan fingerprint density at radius 2 is 2.09 bits per heavy atom. The molecule has 0 aromatic carbocycles. The standard InChI is InChI=1S/C9H20N2/c1-5-9(3)7-10-8-11(4)6-2/h7,9H,5-6,8H2,1-4H3. The van der Waals surface area contributed by atoms with Gasteiger partial charge in [0.2, 0.25) is 0 Å². The highest BCUT2D eigenvalue weighted by Crippen LogP contribution is 1.95. The van der Waals surface area contributed by atoms with E-state index in [1.807, 2.05) is 6.21 Å². The summed E-state index contributed by atoms with van der Waals surface area (Å²) in [6.45, 7) is 8.41. The zero-order valence-electron chi connectivity index (χ0n) is 8.17. The first-order valence-corrected chi connectivity index (χ1v) is 4.39. The van der Waals surface area contributed by atoms with Crippen molar-refractivity contribution in [2.75, 3.05) is 20.3 Å². The van der Waals surface area contributed by atoms with E-state index in [0.29, 0.717) is 5.92 Å². The van der Waals surface area contributed by atoms with Crippen LogP contribution in [0.15, 0.2) is 4.99 Å². The molecule has 0 saturated carbocycles. The molecule has 2 nitrogen and oxygen atoms in total. The maximum Gasteiger partial charge on any atom is 0.0903 e. The average molecular weight is 156 g/mol. The number of rotatable bonds is 5. The summed E-state index contributed by atoms with van der Waals surface area (Å²) in [5, 5.41) is 0. The van der Waals surface area contributed by atoms with E-state index in [1.54, 1.807) is 0 Å². The van der Waals surface area contributed by atoms with Crippen LogP contribution in [0.4, 0.5) is 0 Å². The monoisotopic (exact) mass is 156 g/mol. The van der Waals surface area contributed by atoms with Crippen LogP contribution in [-0.4, -0.2) is 31.4 Å². The number of nitrogens with zero attached hydrogens (tertiary/aromatic N) is 2. The molecule has 11 heavy (non-hydrogen) atoms. The molecule has 0 saturated heterocycles. The molecule has 0 aliphatic heterocycles. The summed E-state index contributed by atoms with van der Waals surface area (Å²) in [5.41, 5.74) is 0. The van der Waals surface area contributed by atoms with E-state index in [9.17, 15) is 0 Å². The van der Waals surface area contributed by atoms with Crippen LogP contribution in [-0.2, 0) is 0 Å². The van der Waals surface area contributed by atoms with E-state index >= 15 is 0 Å². The molecule has 0 amide bonds. The van der Waals surface area contributed by atoms with Crippen molar-refractivity contribution in [3.63, 3.8) is 0 Å². The summed E-state index contributed by atoms with van der Waals surface area (Å²) in [6.07, 6.45) is 3.23. The molecule has 0 bridgehead atoms. The fourth-order valence-corrected chi connectivity index (χ4v) is 0.572. The number of aliphatic imine (C=N–C) groups is 1. The second kappa shape index (κ2) is 6.35. The Morgan fingerprint density at radius 1 is 1.45 bits per heavy atom. The molecule has 66 valence electrons. The predicted molar refractivity (Wildman–Crippen MR) is 51.1 cm³/mol. The first kappa shape index (κ1) is 10.6. The van der Waals surface area contributed by atoms with E-state index in [-0.39, 0.29) is 0 Å². The largest absolute Gasteiger partial charge is 0.288 e. The zero-order chi connectivity index (χ0) is 8.69. The summed E-state index contributed by atoms with van der Waals surface area (Å²) in [7, 11) is 2.08. The molecule has 0 heterocycles. The maximum absolute atomic E-state index is 4.31. The van der Waals surface area contributed by atoms with Crippen LogP contribution in [0.5, 0.6) is 0 Å². The highest BCUT2D eigenvalue weighted by atomic mass is 15.2. The van der Waals surface area contributed by atoms with Crippen molar-refractivity contribution in [3.8, 4) is 0 Å². The van der Waals surface area contributed by atoms with Gasteiger partial charge in [0.1, 0.15) is 0 Å². The zero-order valence-corrected chi connectivity index (χ0v) is 8.17. The van der Waals surface area contributed by atoms with E-state index in [0.717, 1.165) is 13.2 Å². The minimum absolute atomic E-state index is 0.625. The molecule has 2 heteroatoms. The van der Waals surface area contributed by atoms with Crippen LogP contribution < -0.4 is 0 Å². The van der Waals surface area contributed by atoms with Crippen LogP contribution in [0.3, 0.4) is 0 Å². The first-order chi connectivity index (χ1) is 5.20. The molecule has 0 fully saturated rings. The van der Waals surface area contributed by atoms with Crippen molar-refractivity contribution in [2.45, 2.75) is 27.2 Å². The third-order valence-corrected chi connectivity index (χ3v) is 1.87. The number of hydrogen-bond acceptors (Lipinski definition) is 2. The lowest BCUT2D eigenvalue weighted by atomic mass is 10.1. The van der Waals surface area contributed by atoms with Crippen molar-refractivity contribution in [1.29, 1.82) is 0 Å². The molecular formula is C9H20N2. The second-order valence-corrected chi connectivity index (χ2v) is 3.03. The van der Waals surface area contributed by atoms with Gasteiger partial charge in [0.05, 0.1) is 6.67 Å². The van der Waals surface area contributed by atoms with Crippen molar-refractivity contribution in [1.82, 2.24) is 4.90 Å². The van der Waals surface area contributed by atoms with E-state index in [2.05, 4.69) is 37.7 Å². The van der Waals surface area contributed by atoms with Crippen LogP contribution in [0.1, 0.15) is 27.2 Å². The Labute approximate surface area is 70.3 Å². The SMILES string of the molecule is CCC(C)C=NCN(C)CC. The Bertz CT molecular complexity index is 110. The van der Waals surface area contributed by atoms with Gasteiger partial charge in [-0.1, -0.05) is 20.8 Å². The molecule has 0 spiro atoms. The molecule has 0 N–H and O–H groups in total. The van der Waals surface area contributed by atoms with E-state index < -0.39 is 0 Å². The van der Waals surface area contributed by atoms with Gasteiger partial charge in [0, 0.05) is 6.21 Å². The second-order valence-electron chi connectivity index (χ2n) is 3.03. The van der Waals surface area contributed by atoms with Gasteiger partial charge < -0.3 is 0 Å². The highest BCUT2D eigenvalue weighted by molar-refractivity contribution is 5.59. The number of hydrogen-bond donors (Lipinski definition) is 0. The van der Waals surface area contributed by atoms with Gasteiger partial charge in [-0.05, 0) is 25.9 Å². The van der Waals surface area contributed by atoms with Crippen molar-refractivity contribution >= 4 is 6.21 Å². The molecule has 0 rings (SSSR count).